The van der Waals surface area contributed by atoms with E-state index >= 15 is 0 Å². The number of hydrogen-bond acceptors (Lipinski definition) is 3. The molecule has 0 N–H and O–H groups in total. The molecular formula is C12H20IN3. The first-order valence-corrected chi connectivity index (χ1v) is 6.79. The van der Waals surface area contributed by atoms with Gasteiger partial charge in [0, 0.05) is 29.1 Å². The van der Waals surface area contributed by atoms with Crippen molar-refractivity contribution < 1.29 is 0 Å². The van der Waals surface area contributed by atoms with E-state index in [1.807, 2.05) is 12.4 Å². The van der Waals surface area contributed by atoms with Gasteiger partial charge >= 0.3 is 0 Å². The van der Waals surface area contributed by atoms with E-state index in [-0.39, 0.29) is 0 Å². The molecule has 0 bridgehead atoms. The van der Waals surface area contributed by atoms with E-state index in [1.54, 1.807) is 0 Å². The molecule has 1 rings (SSSR count). The molecule has 0 radical (unpaired) electrons. The Morgan fingerprint density at radius 1 is 1.06 bits per heavy atom. The van der Waals surface area contributed by atoms with Gasteiger partial charge in [-0.2, -0.15) is 0 Å². The van der Waals surface area contributed by atoms with Crippen LogP contribution < -0.4 is 4.90 Å². The maximum atomic E-state index is 4.39. The summed E-state index contributed by atoms with van der Waals surface area (Å²) >= 11 is 2.23. The Labute approximate surface area is 112 Å². The highest BCUT2D eigenvalue weighted by atomic mass is 127. The third-order valence-corrected chi connectivity index (χ3v) is 2.62. The van der Waals surface area contributed by atoms with E-state index in [1.165, 1.54) is 0 Å². The van der Waals surface area contributed by atoms with Crippen molar-refractivity contribution in [2.24, 2.45) is 11.8 Å². The van der Waals surface area contributed by atoms with Crippen LogP contribution in [0.2, 0.25) is 0 Å². The minimum Gasteiger partial charge on any atom is -0.340 e. The van der Waals surface area contributed by atoms with Crippen LogP contribution in [0.15, 0.2) is 12.4 Å². The fraction of sp³-hybridized carbons (Fsp3) is 0.667. The summed E-state index contributed by atoms with van der Waals surface area (Å²) in [5.74, 6) is 2.10. The minimum atomic E-state index is 0.627. The van der Waals surface area contributed by atoms with E-state index in [0.29, 0.717) is 11.8 Å². The lowest BCUT2D eigenvalue weighted by Crippen LogP contribution is -2.32. The molecule has 90 valence electrons. The monoisotopic (exact) mass is 333 g/mol. The largest absolute Gasteiger partial charge is 0.340 e. The van der Waals surface area contributed by atoms with Gasteiger partial charge in [0.2, 0.25) is 5.95 Å². The molecule has 0 saturated heterocycles. The molecule has 1 heterocycles. The van der Waals surface area contributed by atoms with Crippen molar-refractivity contribution in [2.45, 2.75) is 27.7 Å². The quantitative estimate of drug-likeness (QED) is 0.775. The van der Waals surface area contributed by atoms with Crippen molar-refractivity contribution >= 4 is 28.5 Å². The van der Waals surface area contributed by atoms with Crippen LogP contribution in [0.3, 0.4) is 0 Å². The molecular weight excluding hydrogens is 313 g/mol. The number of nitrogens with zero attached hydrogens (tertiary/aromatic N) is 3. The number of hydrogen-bond donors (Lipinski definition) is 0. The van der Waals surface area contributed by atoms with Crippen LogP contribution in [0.4, 0.5) is 5.95 Å². The standard InChI is InChI=1S/C12H20IN3/c1-9(2)7-16(8-10(3)4)12-14-5-11(13)6-15-12/h5-6,9-10H,7-8H2,1-4H3. The summed E-state index contributed by atoms with van der Waals surface area (Å²) in [4.78, 5) is 11.1. The topological polar surface area (TPSA) is 29.0 Å². The summed E-state index contributed by atoms with van der Waals surface area (Å²) in [5.41, 5.74) is 0. The Bertz CT molecular complexity index is 299. The van der Waals surface area contributed by atoms with Gasteiger partial charge in [-0.1, -0.05) is 27.7 Å². The van der Waals surface area contributed by atoms with Gasteiger partial charge in [0.25, 0.3) is 0 Å². The Kier molecular flexibility index (Phi) is 5.44. The maximum Gasteiger partial charge on any atom is 0.225 e. The van der Waals surface area contributed by atoms with Crippen molar-refractivity contribution in [2.75, 3.05) is 18.0 Å². The molecule has 0 aromatic carbocycles. The molecule has 16 heavy (non-hydrogen) atoms. The van der Waals surface area contributed by atoms with Crippen LogP contribution in [0.25, 0.3) is 0 Å². The molecule has 0 aliphatic heterocycles. The van der Waals surface area contributed by atoms with E-state index in [2.05, 4.69) is 65.2 Å². The summed E-state index contributed by atoms with van der Waals surface area (Å²) < 4.78 is 1.08. The van der Waals surface area contributed by atoms with Crippen molar-refractivity contribution in [1.82, 2.24) is 9.97 Å². The van der Waals surface area contributed by atoms with Crippen LogP contribution in [0.1, 0.15) is 27.7 Å². The zero-order chi connectivity index (χ0) is 12.1. The molecule has 0 unspecified atom stereocenters. The van der Waals surface area contributed by atoms with Gasteiger partial charge in [-0.25, -0.2) is 9.97 Å². The minimum absolute atomic E-state index is 0.627. The predicted molar refractivity (Wildman–Crippen MR) is 76.6 cm³/mol. The van der Waals surface area contributed by atoms with Gasteiger partial charge in [0.1, 0.15) is 0 Å². The van der Waals surface area contributed by atoms with Crippen LogP contribution >= 0.6 is 22.6 Å². The highest BCUT2D eigenvalue weighted by Crippen LogP contribution is 2.12. The Hall–Kier alpha value is -0.390. The lowest BCUT2D eigenvalue weighted by Gasteiger charge is -2.26. The second-order valence-electron chi connectivity index (χ2n) is 4.89. The van der Waals surface area contributed by atoms with E-state index < -0.39 is 0 Å². The van der Waals surface area contributed by atoms with Gasteiger partial charge in [-0.15, -0.1) is 0 Å². The van der Waals surface area contributed by atoms with Crippen LogP contribution in [0.5, 0.6) is 0 Å². The first-order valence-electron chi connectivity index (χ1n) is 5.71. The van der Waals surface area contributed by atoms with Crippen LogP contribution in [-0.2, 0) is 0 Å². The zero-order valence-corrected chi connectivity index (χ0v) is 12.6. The fourth-order valence-corrected chi connectivity index (χ4v) is 1.87. The molecule has 0 amide bonds. The molecule has 0 atom stereocenters. The second-order valence-corrected chi connectivity index (χ2v) is 6.14. The Balaban J connectivity index is 2.78. The first kappa shape index (κ1) is 13.7. The van der Waals surface area contributed by atoms with Gasteiger partial charge in [0.05, 0.1) is 0 Å². The number of aromatic nitrogens is 2. The van der Waals surface area contributed by atoms with Crippen molar-refractivity contribution in [3.05, 3.63) is 16.0 Å². The van der Waals surface area contributed by atoms with Gasteiger partial charge < -0.3 is 4.90 Å². The normalized spacial score (nSPS) is 11.2. The zero-order valence-electron chi connectivity index (χ0n) is 10.4. The SMILES string of the molecule is CC(C)CN(CC(C)C)c1ncc(I)cn1. The average Bonchev–Trinajstić information content (AvgIpc) is 2.16. The van der Waals surface area contributed by atoms with Gasteiger partial charge in [-0.05, 0) is 34.4 Å². The lowest BCUT2D eigenvalue weighted by molar-refractivity contribution is 0.544. The molecule has 4 heteroatoms. The van der Waals surface area contributed by atoms with Gasteiger partial charge in [0.15, 0.2) is 0 Å². The van der Waals surface area contributed by atoms with Gasteiger partial charge in [-0.3, -0.25) is 0 Å². The summed E-state index contributed by atoms with van der Waals surface area (Å²) in [7, 11) is 0. The number of rotatable bonds is 5. The number of anilines is 1. The lowest BCUT2D eigenvalue weighted by atomic mass is 10.1. The predicted octanol–water partition coefficient (Wildman–Crippen LogP) is 3.20. The third-order valence-electron chi connectivity index (χ3n) is 2.06. The molecule has 0 aliphatic carbocycles. The molecule has 0 aliphatic rings. The highest BCUT2D eigenvalue weighted by Gasteiger charge is 2.12. The molecule has 3 nitrogen and oxygen atoms in total. The smallest absolute Gasteiger partial charge is 0.225 e. The molecule has 0 fully saturated rings. The first-order chi connectivity index (χ1) is 7.49. The van der Waals surface area contributed by atoms with Crippen LogP contribution in [0, 0.1) is 15.4 Å². The van der Waals surface area contributed by atoms with E-state index in [0.717, 1.165) is 22.6 Å². The summed E-state index contributed by atoms with van der Waals surface area (Å²) in [6, 6.07) is 0. The number of halogens is 1. The summed E-state index contributed by atoms with van der Waals surface area (Å²) in [5, 5.41) is 0. The van der Waals surface area contributed by atoms with E-state index in [4.69, 9.17) is 0 Å². The molecule has 0 saturated carbocycles. The summed E-state index contributed by atoms with van der Waals surface area (Å²) in [6.07, 6.45) is 3.74. The summed E-state index contributed by atoms with van der Waals surface area (Å²) in [6.45, 7) is 10.9. The second kappa shape index (κ2) is 6.37. The highest BCUT2D eigenvalue weighted by molar-refractivity contribution is 14.1. The molecule has 1 aromatic heterocycles. The maximum absolute atomic E-state index is 4.39. The van der Waals surface area contributed by atoms with Crippen molar-refractivity contribution in [3.8, 4) is 0 Å². The van der Waals surface area contributed by atoms with Crippen LogP contribution in [-0.4, -0.2) is 23.1 Å². The Morgan fingerprint density at radius 2 is 1.50 bits per heavy atom. The third kappa shape index (κ3) is 4.63. The van der Waals surface area contributed by atoms with E-state index in [9.17, 15) is 0 Å². The fourth-order valence-electron chi connectivity index (χ4n) is 1.59. The average molecular weight is 333 g/mol. The van der Waals surface area contributed by atoms with Crippen molar-refractivity contribution in [3.63, 3.8) is 0 Å². The molecule has 1 aromatic rings. The van der Waals surface area contributed by atoms with Crippen molar-refractivity contribution in [1.29, 1.82) is 0 Å². The molecule has 0 spiro atoms. The Morgan fingerprint density at radius 3 is 1.88 bits per heavy atom.